The van der Waals surface area contributed by atoms with E-state index in [0.29, 0.717) is 6.54 Å². The lowest BCUT2D eigenvalue weighted by molar-refractivity contribution is -0.690. The average Bonchev–Trinajstić information content (AvgIpc) is 3.41. The SMILES string of the molecule is Cc1ccc(-c2c[n+](CC(=O)Nc3ccc(Oc4ccccc4)cc3)c3n2CCC3)cc1. The Kier molecular flexibility index (Phi) is 5.46. The zero-order valence-corrected chi connectivity index (χ0v) is 18.1. The van der Waals surface area contributed by atoms with E-state index >= 15 is 0 Å². The highest BCUT2D eigenvalue weighted by Gasteiger charge is 2.29. The molecule has 5 nitrogen and oxygen atoms in total. The quantitative estimate of drug-likeness (QED) is 0.436. The molecular weight excluding hydrogens is 398 g/mol. The molecule has 4 aromatic rings. The first-order valence-corrected chi connectivity index (χ1v) is 11.0. The molecule has 5 rings (SSSR count). The Morgan fingerprint density at radius 1 is 0.969 bits per heavy atom. The number of anilines is 1. The highest BCUT2D eigenvalue weighted by atomic mass is 16.5. The van der Waals surface area contributed by atoms with Crippen LogP contribution in [0.1, 0.15) is 17.8 Å². The molecule has 5 heteroatoms. The second-order valence-corrected chi connectivity index (χ2v) is 8.17. The predicted octanol–water partition coefficient (Wildman–Crippen LogP) is 5.13. The second kappa shape index (κ2) is 8.71. The topological polar surface area (TPSA) is 47.1 Å². The van der Waals surface area contributed by atoms with Gasteiger partial charge in [0, 0.05) is 11.3 Å². The van der Waals surface area contributed by atoms with E-state index in [0.717, 1.165) is 36.6 Å². The van der Waals surface area contributed by atoms with Gasteiger partial charge in [-0.1, -0.05) is 48.0 Å². The first-order valence-electron chi connectivity index (χ1n) is 11.0. The summed E-state index contributed by atoms with van der Waals surface area (Å²) in [5, 5.41) is 3.00. The number of carbonyl (C=O) groups excluding carboxylic acids is 1. The second-order valence-electron chi connectivity index (χ2n) is 8.17. The molecule has 1 aliphatic rings. The van der Waals surface area contributed by atoms with Crippen LogP contribution >= 0.6 is 0 Å². The van der Waals surface area contributed by atoms with Gasteiger partial charge in [-0.05, 0) is 49.7 Å². The van der Waals surface area contributed by atoms with Crippen molar-refractivity contribution in [3.05, 3.63) is 96.4 Å². The van der Waals surface area contributed by atoms with Crippen LogP contribution < -0.4 is 14.6 Å². The van der Waals surface area contributed by atoms with Crippen LogP contribution in [-0.4, -0.2) is 10.5 Å². The summed E-state index contributed by atoms with van der Waals surface area (Å²) in [5.74, 6) is 2.69. The molecule has 1 aromatic heterocycles. The van der Waals surface area contributed by atoms with E-state index < -0.39 is 0 Å². The van der Waals surface area contributed by atoms with Crippen molar-refractivity contribution in [1.82, 2.24) is 4.57 Å². The van der Waals surface area contributed by atoms with Crippen molar-refractivity contribution < 1.29 is 14.1 Å². The van der Waals surface area contributed by atoms with Crippen LogP contribution in [0.2, 0.25) is 0 Å². The number of aryl methyl sites for hydroxylation is 1. The fourth-order valence-corrected chi connectivity index (χ4v) is 4.19. The molecule has 0 atom stereocenters. The minimum absolute atomic E-state index is 0.0394. The highest BCUT2D eigenvalue weighted by molar-refractivity contribution is 5.89. The molecule has 1 N–H and O–H groups in total. The van der Waals surface area contributed by atoms with Gasteiger partial charge in [-0.15, -0.1) is 0 Å². The molecular formula is C27H26N3O2+. The summed E-state index contributed by atoms with van der Waals surface area (Å²) in [4.78, 5) is 12.8. The van der Waals surface area contributed by atoms with Crippen LogP contribution in [-0.2, 0) is 24.3 Å². The van der Waals surface area contributed by atoms with E-state index in [1.54, 1.807) is 0 Å². The number of imidazole rings is 1. The maximum absolute atomic E-state index is 12.8. The van der Waals surface area contributed by atoms with Crippen molar-refractivity contribution >= 4 is 11.6 Å². The maximum atomic E-state index is 12.8. The van der Waals surface area contributed by atoms with Gasteiger partial charge >= 0.3 is 0 Å². The number of para-hydroxylation sites is 1. The largest absolute Gasteiger partial charge is 0.457 e. The molecule has 0 spiro atoms. The van der Waals surface area contributed by atoms with Gasteiger partial charge in [0.15, 0.2) is 12.2 Å². The van der Waals surface area contributed by atoms with E-state index in [9.17, 15) is 4.79 Å². The zero-order chi connectivity index (χ0) is 21.9. The van der Waals surface area contributed by atoms with Crippen LogP contribution in [0, 0.1) is 6.92 Å². The van der Waals surface area contributed by atoms with Crippen LogP contribution in [0.3, 0.4) is 0 Å². The van der Waals surface area contributed by atoms with E-state index in [-0.39, 0.29) is 5.91 Å². The Bertz CT molecular complexity index is 1230. The van der Waals surface area contributed by atoms with Gasteiger partial charge in [0.25, 0.3) is 11.7 Å². The highest BCUT2D eigenvalue weighted by Crippen LogP contribution is 2.25. The number of hydrogen-bond donors (Lipinski definition) is 1. The van der Waals surface area contributed by atoms with Crippen molar-refractivity contribution in [3.63, 3.8) is 0 Å². The van der Waals surface area contributed by atoms with Gasteiger partial charge in [0.2, 0.25) is 0 Å². The van der Waals surface area contributed by atoms with E-state index in [4.69, 9.17) is 4.74 Å². The zero-order valence-electron chi connectivity index (χ0n) is 18.1. The van der Waals surface area contributed by atoms with Gasteiger partial charge in [-0.25, -0.2) is 9.13 Å². The number of amides is 1. The monoisotopic (exact) mass is 424 g/mol. The van der Waals surface area contributed by atoms with Gasteiger partial charge < -0.3 is 10.1 Å². The Hall–Kier alpha value is -3.86. The summed E-state index contributed by atoms with van der Waals surface area (Å²) in [6.07, 6.45) is 4.21. The molecule has 0 radical (unpaired) electrons. The normalized spacial score (nSPS) is 12.4. The first kappa shape index (κ1) is 20.1. The average molecular weight is 425 g/mol. The van der Waals surface area contributed by atoms with Gasteiger partial charge in [-0.3, -0.25) is 4.79 Å². The number of carbonyl (C=O) groups is 1. The molecule has 160 valence electrons. The van der Waals surface area contributed by atoms with Crippen LogP contribution in [0.4, 0.5) is 5.69 Å². The van der Waals surface area contributed by atoms with E-state index in [1.165, 1.54) is 22.6 Å². The van der Waals surface area contributed by atoms with Crippen molar-refractivity contribution in [2.45, 2.75) is 32.9 Å². The molecule has 3 aromatic carbocycles. The maximum Gasteiger partial charge on any atom is 0.266 e. The third-order valence-corrected chi connectivity index (χ3v) is 5.77. The fourth-order valence-electron chi connectivity index (χ4n) is 4.19. The number of ether oxygens (including phenoxy) is 1. The molecule has 2 heterocycles. The van der Waals surface area contributed by atoms with Crippen LogP contribution in [0.5, 0.6) is 11.5 Å². The van der Waals surface area contributed by atoms with Crippen LogP contribution in [0.15, 0.2) is 85.1 Å². The molecule has 0 bridgehead atoms. The van der Waals surface area contributed by atoms with Crippen LogP contribution in [0.25, 0.3) is 11.3 Å². The van der Waals surface area contributed by atoms with E-state index in [1.807, 2.05) is 54.6 Å². The Morgan fingerprint density at radius 2 is 1.69 bits per heavy atom. The third-order valence-electron chi connectivity index (χ3n) is 5.77. The molecule has 1 amide bonds. The lowest BCUT2D eigenvalue weighted by Crippen LogP contribution is -2.42. The van der Waals surface area contributed by atoms with E-state index in [2.05, 4.69) is 51.8 Å². The molecule has 0 saturated carbocycles. The standard InChI is InChI=1S/C27H25N3O2/c1-20-9-11-21(12-10-20)25-18-29(27-8-5-17-30(25)27)19-26(31)28-22-13-15-24(16-14-22)32-23-6-3-2-4-7-23/h2-4,6-7,9-16,18H,5,8,17,19H2,1H3/p+1. The molecule has 1 aliphatic heterocycles. The number of rotatable bonds is 6. The smallest absolute Gasteiger partial charge is 0.266 e. The number of benzene rings is 3. The summed E-state index contributed by atoms with van der Waals surface area (Å²) >= 11 is 0. The van der Waals surface area contributed by atoms with Crippen molar-refractivity contribution in [3.8, 4) is 22.8 Å². The number of nitrogens with one attached hydrogen (secondary N) is 1. The fraction of sp³-hybridized carbons (Fsp3) is 0.185. The predicted molar refractivity (Wildman–Crippen MR) is 125 cm³/mol. The molecule has 0 fully saturated rings. The molecule has 32 heavy (non-hydrogen) atoms. The number of hydrogen-bond acceptors (Lipinski definition) is 2. The van der Waals surface area contributed by atoms with Crippen molar-refractivity contribution in [1.29, 1.82) is 0 Å². The summed E-state index contributed by atoms with van der Waals surface area (Å²) in [6.45, 7) is 3.39. The number of fused-ring (bicyclic) bond motifs is 1. The van der Waals surface area contributed by atoms with Crippen molar-refractivity contribution in [2.75, 3.05) is 5.32 Å². The van der Waals surface area contributed by atoms with Gasteiger partial charge in [0.05, 0.1) is 13.0 Å². The first-order chi connectivity index (χ1) is 15.7. The Balaban J connectivity index is 1.27. The van der Waals surface area contributed by atoms with Gasteiger partial charge in [0.1, 0.15) is 17.7 Å². The molecule has 0 unspecified atom stereocenters. The Labute approximate surface area is 187 Å². The third kappa shape index (κ3) is 4.28. The summed E-state index contributed by atoms with van der Waals surface area (Å²) in [5.41, 5.74) is 4.36. The minimum atomic E-state index is -0.0394. The summed E-state index contributed by atoms with van der Waals surface area (Å²) in [6, 6.07) is 25.7. The minimum Gasteiger partial charge on any atom is -0.457 e. The summed E-state index contributed by atoms with van der Waals surface area (Å²) in [7, 11) is 0. The van der Waals surface area contributed by atoms with Crippen molar-refractivity contribution in [2.24, 2.45) is 0 Å². The molecule has 0 saturated heterocycles. The number of nitrogens with zero attached hydrogens (tertiary/aromatic N) is 2. The summed E-state index contributed by atoms with van der Waals surface area (Å²) < 4.78 is 10.2. The van der Waals surface area contributed by atoms with Gasteiger partial charge in [-0.2, -0.15) is 0 Å². The lowest BCUT2D eigenvalue weighted by Gasteiger charge is -2.08. The number of aromatic nitrogens is 2. The Morgan fingerprint density at radius 3 is 2.44 bits per heavy atom. The lowest BCUT2D eigenvalue weighted by atomic mass is 10.1. The molecule has 0 aliphatic carbocycles.